The summed E-state index contributed by atoms with van der Waals surface area (Å²) in [5.41, 5.74) is 1.37. The van der Waals surface area contributed by atoms with E-state index >= 15 is 0 Å². The van der Waals surface area contributed by atoms with Crippen LogP contribution in [0.3, 0.4) is 0 Å². The van der Waals surface area contributed by atoms with Crippen molar-refractivity contribution in [3.63, 3.8) is 0 Å². The van der Waals surface area contributed by atoms with E-state index in [1.54, 1.807) is 11.8 Å². The fraction of sp³-hybridized carbons (Fsp3) is 0.655. The van der Waals surface area contributed by atoms with E-state index in [1.807, 2.05) is 26.8 Å². The van der Waals surface area contributed by atoms with Crippen molar-refractivity contribution in [3.8, 4) is 0 Å². The molecule has 0 saturated heterocycles. The van der Waals surface area contributed by atoms with E-state index in [2.05, 4.69) is 36.5 Å². The summed E-state index contributed by atoms with van der Waals surface area (Å²) in [5, 5.41) is 3.71. The van der Waals surface area contributed by atoms with E-state index in [9.17, 15) is 9.59 Å². The number of aryl methyl sites for hydroxylation is 1. The fourth-order valence-corrected chi connectivity index (χ4v) is 5.40. The standard InChI is InChI=1S/C29H45NO4S/c1-5-6-7-8-9-16-21-33-28(32)30-26-25(27(31)34-29(2,3)4)22-24(35-26)20-15-11-14-19-23-17-12-10-13-18-23/h10,12-13,17-18,24H,5-9,11,14-16,19-22H2,1-4H3,(H,30,32). The smallest absolute Gasteiger partial charge is 0.412 e. The number of carbonyl (C=O) groups excluding carboxylic acids is 2. The zero-order valence-corrected chi connectivity index (χ0v) is 23.0. The highest BCUT2D eigenvalue weighted by atomic mass is 32.2. The molecule has 6 heteroatoms. The maximum absolute atomic E-state index is 12.8. The highest BCUT2D eigenvalue weighted by Crippen LogP contribution is 2.40. The SMILES string of the molecule is CCCCCCCCOC(=O)NC1=C(C(=O)OC(C)(C)C)CC(CCCCCc2ccccc2)S1. The number of rotatable bonds is 15. The molecular formula is C29H45NO4S. The van der Waals surface area contributed by atoms with E-state index in [0.29, 0.717) is 23.6 Å². The number of amides is 1. The Labute approximate surface area is 216 Å². The van der Waals surface area contributed by atoms with E-state index in [1.165, 1.54) is 31.2 Å². The van der Waals surface area contributed by atoms with E-state index in [0.717, 1.165) is 44.9 Å². The molecule has 2 rings (SSSR count). The minimum atomic E-state index is -0.576. The van der Waals surface area contributed by atoms with Crippen molar-refractivity contribution in [1.29, 1.82) is 0 Å². The van der Waals surface area contributed by atoms with Crippen LogP contribution in [-0.2, 0) is 20.7 Å². The molecule has 35 heavy (non-hydrogen) atoms. The van der Waals surface area contributed by atoms with Crippen LogP contribution in [0, 0.1) is 0 Å². The minimum absolute atomic E-state index is 0.267. The number of alkyl carbamates (subject to hydrolysis) is 1. The lowest BCUT2D eigenvalue weighted by molar-refractivity contribution is -0.150. The van der Waals surface area contributed by atoms with Crippen LogP contribution in [0.15, 0.2) is 40.9 Å². The normalized spacial score (nSPS) is 15.8. The lowest BCUT2D eigenvalue weighted by atomic mass is 10.0. The number of hydrogen-bond acceptors (Lipinski definition) is 5. The van der Waals surface area contributed by atoms with Gasteiger partial charge in [-0.2, -0.15) is 0 Å². The quantitative estimate of drug-likeness (QED) is 0.194. The van der Waals surface area contributed by atoms with Gasteiger partial charge in [0.15, 0.2) is 0 Å². The average Bonchev–Trinajstić information content (AvgIpc) is 3.20. The summed E-state index contributed by atoms with van der Waals surface area (Å²) in [5.74, 6) is -0.345. The highest BCUT2D eigenvalue weighted by molar-refractivity contribution is 8.04. The number of thioether (sulfide) groups is 1. The average molecular weight is 504 g/mol. The first-order valence-corrected chi connectivity index (χ1v) is 14.3. The van der Waals surface area contributed by atoms with Crippen molar-refractivity contribution in [3.05, 3.63) is 46.5 Å². The molecule has 0 aromatic heterocycles. The summed E-state index contributed by atoms with van der Waals surface area (Å²) in [7, 11) is 0. The van der Waals surface area contributed by atoms with Gasteiger partial charge in [-0.3, -0.25) is 5.32 Å². The second-order valence-corrected chi connectivity index (χ2v) is 11.7. The van der Waals surface area contributed by atoms with Crippen molar-refractivity contribution in [1.82, 2.24) is 5.32 Å². The summed E-state index contributed by atoms with van der Waals surface area (Å²) in [6, 6.07) is 10.6. The molecule has 1 atom stereocenters. The van der Waals surface area contributed by atoms with Gasteiger partial charge in [0, 0.05) is 5.25 Å². The van der Waals surface area contributed by atoms with E-state index in [4.69, 9.17) is 9.47 Å². The molecule has 1 unspecified atom stereocenters. The molecule has 0 fully saturated rings. The summed E-state index contributed by atoms with van der Waals surface area (Å²) in [6.07, 6.45) is 12.5. The molecule has 1 N–H and O–H groups in total. The van der Waals surface area contributed by atoms with Gasteiger partial charge in [-0.25, -0.2) is 9.59 Å². The Kier molecular flexibility index (Phi) is 13.3. The summed E-state index contributed by atoms with van der Waals surface area (Å²) in [4.78, 5) is 25.2. The first kappa shape index (κ1) is 29.3. The molecule has 0 aliphatic carbocycles. The Morgan fingerprint density at radius 3 is 2.37 bits per heavy atom. The zero-order valence-electron chi connectivity index (χ0n) is 22.2. The number of hydrogen-bond donors (Lipinski definition) is 1. The van der Waals surface area contributed by atoms with Crippen molar-refractivity contribution in [2.45, 2.75) is 116 Å². The molecule has 1 aromatic carbocycles. The maximum atomic E-state index is 12.8. The number of unbranched alkanes of at least 4 members (excludes halogenated alkanes) is 7. The van der Waals surface area contributed by atoms with Crippen LogP contribution in [0.25, 0.3) is 0 Å². The Bertz CT molecular complexity index is 801. The predicted octanol–water partition coefficient (Wildman–Crippen LogP) is 7.94. The Morgan fingerprint density at radius 1 is 0.971 bits per heavy atom. The molecule has 0 saturated carbocycles. The van der Waals surface area contributed by atoms with Gasteiger partial charge in [0.2, 0.25) is 0 Å². The lowest BCUT2D eigenvalue weighted by Crippen LogP contribution is -2.28. The van der Waals surface area contributed by atoms with E-state index < -0.39 is 11.7 Å². The molecule has 5 nitrogen and oxygen atoms in total. The number of carbonyl (C=O) groups is 2. The second kappa shape index (κ2) is 15.9. The van der Waals surface area contributed by atoms with Gasteiger partial charge in [-0.1, -0.05) is 82.2 Å². The lowest BCUT2D eigenvalue weighted by Gasteiger charge is -2.20. The molecule has 1 heterocycles. The molecule has 1 aromatic rings. The second-order valence-electron chi connectivity index (χ2n) is 10.4. The fourth-order valence-electron chi connectivity index (χ4n) is 4.08. The van der Waals surface area contributed by atoms with Crippen LogP contribution in [0.2, 0.25) is 0 Å². The molecule has 0 radical (unpaired) electrons. The van der Waals surface area contributed by atoms with Crippen LogP contribution >= 0.6 is 11.8 Å². The maximum Gasteiger partial charge on any atom is 0.412 e. The summed E-state index contributed by atoms with van der Waals surface area (Å²) in [6.45, 7) is 8.19. The summed E-state index contributed by atoms with van der Waals surface area (Å²) >= 11 is 1.58. The van der Waals surface area contributed by atoms with Gasteiger partial charge in [0.25, 0.3) is 0 Å². The molecule has 0 bridgehead atoms. The van der Waals surface area contributed by atoms with Crippen molar-refractivity contribution in [2.75, 3.05) is 6.61 Å². The first-order chi connectivity index (χ1) is 16.8. The monoisotopic (exact) mass is 503 g/mol. The molecule has 1 amide bonds. The highest BCUT2D eigenvalue weighted by Gasteiger charge is 2.33. The van der Waals surface area contributed by atoms with Crippen LogP contribution < -0.4 is 5.32 Å². The van der Waals surface area contributed by atoms with Gasteiger partial charge in [-0.15, -0.1) is 11.8 Å². The number of benzene rings is 1. The van der Waals surface area contributed by atoms with Gasteiger partial charge < -0.3 is 9.47 Å². The summed E-state index contributed by atoms with van der Waals surface area (Å²) < 4.78 is 11.0. The third kappa shape index (κ3) is 12.5. The van der Waals surface area contributed by atoms with Gasteiger partial charge in [-0.05, 0) is 58.4 Å². The zero-order chi connectivity index (χ0) is 25.5. The Balaban J connectivity index is 1.79. The van der Waals surface area contributed by atoms with Crippen LogP contribution in [0.4, 0.5) is 4.79 Å². The molecule has 0 spiro atoms. The molecular weight excluding hydrogens is 458 g/mol. The minimum Gasteiger partial charge on any atom is -0.457 e. The number of esters is 1. The number of ether oxygens (including phenoxy) is 2. The third-order valence-corrected chi connectivity index (χ3v) is 7.24. The van der Waals surface area contributed by atoms with E-state index in [-0.39, 0.29) is 11.2 Å². The van der Waals surface area contributed by atoms with Gasteiger partial charge in [0.05, 0.1) is 17.2 Å². The molecule has 196 valence electrons. The van der Waals surface area contributed by atoms with Crippen molar-refractivity contribution < 1.29 is 19.1 Å². The van der Waals surface area contributed by atoms with Crippen LogP contribution in [0.5, 0.6) is 0 Å². The Hall–Kier alpha value is -1.95. The van der Waals surface area contributed by atoms with Gasteiger partial charge in [0.1, 0.15) is 5.60 Å². The molecule has 1 aliphatic heterocycles. The Morgan fingerprint density at radius 2 is 1.66 bits per heavy atom. The topological polar surface area (TPSA) is 64.6 Å². The van der Waals surface area contributed by atoms with Crippen molar-refractivity contribution >= 4 is 23.8 Å². The first-order valence-electron chi connectivity index (χ1n) is 13.4. The van der Waals surface area contributed by atoms with Crippen LogP contribution in [0.1, 0.15) is 104 Å². The largest absolute Gasteiger partial charge is 0.457 e. The molecule has 1 aliphatic rings. The van der Waals surface area contributed by atoms with Crippen molar-refractivity contribution in [2.24, 2.45) is 0 Å². The number of nitrogens with one attached hydrogen (secondary N) is 1. The van der Waals surface area contributed by atoms with Gasteiger partial charge >= 0.3 is 12.1 Å². The third-order valence-electron chi connectivity index (χ3n) is 5.92. The predicted molar refractivity (Wildman–Crippen MR) is 145 cm³/mol. The van der Waals surface area contributed by atoms with Crippen LogP contribution in [-0.4, -0.2) is 29.5 Å².